The number of imidazole rings is 1. The maximum atomic E-state index is 11.0. The van der Waals surface area contributed by atoms with E-state index in [0.717, 1.165) is 0 Å². The van der Waals surface area contributed by atoms with Gasteiger partial charge in [0.2, 0.25) is 0 Å². The van der Waals surface area contributed by atoms with Gasteiger partial charge in [-0.1, -0.05) is 13.8 Å². The van der Waals surface area contributed by atoms with Crippen LogP contribution in [-0.2, 0) is 0 Å². The van der Waals surface area contributed by atoms with Gasteiger partial charge in [-0.3, -0.25) is 0 Å². The average Bonchev–Trinajstić information content (AvgIpc) is 2.86. The minimum Gasteiger partial charge on any atom is -0.476 e. The molecule has 0 aliphatic rings. The van der Waals surface area contributed by atoms with Crippen LogP contribution in [0.4, 0.5) is 0 Å². The molecule has 0 amide bonds. The standard InChI is InChI=1S/C11H12N2O3/c1-6(2)8-9(11(14)15)13-10(12-8)7-4-3-5-16-7/h3-6H,1-2H3,(H,12,13)(H,14,15). The molecular formula is C11H12N2O3. The van der Waals surface area contributed by atoms with Crippen molar-refractivity contribution in [2.45, 2.75) is 19.8 Å². The number of aromatic carboxylic acids is 1. The fourth-order valence-corrected chi connectivity index (χ4v) is 1.50. The number of carboxylic acids is 1. The molecule has 0 aromatic carbocycles. The van der Waals surface area contributed by atoms with Crippen LogP contribution in [0.15, 0.2) is 22.8 Å². The molecule has 0 bridgehead atoms. The van der Waals surface area contributed by atoms with Crippen LogP contribution in [-0.4, -0.2) is 21.0 Å². The molecule has 5 nitrogen and oxygen atoms in total. The van der Waals surface area contributed by atoms with Crippen LogP contribution in [0.3, 0.4) is 0 Å². The zero-order valence-electron chi connectivity index (χ0n) is 9.02. The first kappa shape index (κ1) is 10.5. The van der Waals surface area contributed by atoms with Crippen LogP contribution < -0.4 is 0 Å². The summed E-state index contributed by atoms with van der Waals surface area (Å²) in [5, 5.41) is 9.01. The van der Waals surface area contributed by atoms with Gasteiger partial charge in [0.05, 0.1) is 12.0 Å². The van der Waals surface area contributed by atoms with Crippen LogP contribution in [0.1, 0.15) is 35.9 Å². The topological polar surface area (TPSA) is 79.1 Å². The van der Waals surface area contributed by atoms with Gasteiger partial charge >= 0.3 is 5.97 Å². The molecule has 2 N–H and O–H groups in total. The molecule has 0 saturated carbocycles. The smallest absolute Gasteiger partial charge is 0.356 e. The summed E-state index contributed by atoms with van der Waals surface area (Å²) in [6, 6.07) is 3.46. The van der Waals surface area contributed by atoms with Crippen molar-refractivity contribution in [3.05, 3.63) is 29.8 Å². The van der Waals surface area contributed by atoms with Crippen LogP contribution in [0.2, 0.25) is 0 Å². The van der Waals surface area contributed by atoms with E-state index < -0.39 is 5.97 Å². The molecule has 0 aliphatic heterocycles. The summed E-state index contributed by atoms with van der Waals surface area (Å²) >= 11 is 0. The summed E-state index contributed by atoms with van der Waals surface area (Å²) in [4.78, 5) is 18.0. The number of nitrogens with one attached hydrogen (secondary N) is 1. The van der Waals surface area contributed by atoms with Crippen LogP contribution in [0.5, 0.6) is 0 Å². The molecule has 0 atom stereocenters. The second kappa shape index (κ2) is 3.84. The largest absolute Gasteiger partial charge is 0.476 e. The van der Waals surface area contributed by atoms with Gasteiger partial charge in [-0.25, -0.2) is 9.78 Å². The summed E-state index contributed by atoms with van der Waals surface area (Å²) in [5.41, 5.74) is 0.667. The molecule has 16 heavy (non-hydrogen) atoms. The minimum atomic E-state index is -1.03. The van der Waals surface area contributed by atoms with Gasteiger partial charge < -0.3 is 14.5 Å². The number of hydrogen-bond acceptors (Lipinski definition) is 3. The SMILES string of the molecule is CC(C)c1[nH]c(-c2ccco2)nc1C(=O)O. The number of carboxylic acid groups (broad SMARTS) is 1. The fourth-order valence-electron chi connectivity index (χ4n) is 1.50. The van der Waals surface area contributed by atoms with E-state index in [2.05, 4.69) is 9.97 Å². The molecule has 84 valence electrons. The molecule has 0 spiro atoms. The second-order valence-electron chi connectivity index (χ2n) is 3.78. The van der Waals surface area contributed by atoms with Crippen LogP contribution in [0.25, 0.3) is 11.6 Å². The Bertz CT molecular complexity index is 497. The van der Waals surface area contributed by atoms with Crippen molar-refractivity contribution in [2.75, 3.05) is 0 Å². The summed E-state index contributed by atoms with van der Waals surface area (Å²) in [6.45, 7) is 3.82. The van der Waals surface area contributed by atoms with Gasteiger partial charge in [0.25, 0.3) is 0 Å². The number of aromatic nitrogens is 2. The first-order valence-corrected chi connectivity index (χ1v) is 4.96. The third-order valence-corrected chi connectivity index (χ3v) is 2.27. The predicted octanol–water partition coefficient (Wildman–Crippen LogP) is 2.49. The van der Waals surface area contributed by atoms with E-state index in [9.17, 15) is 4.79 Å². The van der Waals surface area contributed by atoms with Crippen molar-refractivity contribution in [3.8, 4) is 11.6 Å². The minimum absolute atomic E-state index is 0.0569. The monoisotopic (exact) mass is 220 g/mol. The van der Waals surface area contributed by atoms with Crippen molar-refractivity contribution < 1.29 is 14.3 Å². The Hall–Kier alpha value is -2.04. The van der Waals surface area contributed by atoms with Gasteiger partial charge in [-0.05, 0) is 18.1 Å². The lowest BCUT2D eigenvalue weighted by Gasteiger charge is -2.01. The Morgan fingerprint density at radius 1 is 1.56 bits per heavy atom. The number of furan rings is 1. The van der Waals surface area contributed by atoms with E-state index in [1.165, 1.54) is 6.26 Å². The quantitative estimate of drug-likeness (QED) is 0.832. The maximum Gasteiger partial charge on any atom is 0.356 e. The number of nitrogens with zero attached hydrogens (tertiary/aromatic N) is 1. The van der Waals surface area contributed by atoms with E-state index in [-0.39, 0.29) is 11.6 Å². The molecule has 0 unspecified atom stereocenters. The number of rotatable bonds is 3. The van der Waals surface area contributed by atoms with Crippen LogP contribution >= 0.6 is 0 Å². The molecule has 5 heteroatoms. The highest BCUT2D eigenvalue weighted by molar-refractivity contribution is 5.87. The molecule has 0 aliphatic carbocycles. The van der Waals surface area contributed by atoms with E-state index in [1.807, 2.05) is 13.8 Å². The molecule has 0 fully saturated rings. The van der Waals surface area contributed by atoms with E-state index >= 15 is 0 Å². The molecule has 0 radical (unpaired) electrons. The third kappa shape index (κ3) is 1.71. The average molecular weight is 220 g/mol. The summed E-state index contributed by atoms with van der Waals surface area (Å²) in [7, 11) is 0. The van der Waals surface area contributed by atoms with E-state index in [0.29, 0.717) is 17.3 Å². The zero-order valence-corrected chi connectivity index (χ0v) is 9.02. The van der Waals surface area contributed by atoms with Gasteiger partial charge in [0, 0.05) is 0 Å². The molecule has 2 aromatic heterocycles. The maximum absolute atomic E-state index is 11.0. The van der Waals surface area contributed by atoms with Gasteiger partial charge in [-0.15, -0.1) is 0 Å². The lowest BCUT2D eigenvalue weighted by molar-refractivity contribution is 0.0689. The first-order chi connectivity index (χ1) is 7.59. The molecular weight excluding hydrogens is 208 g/mol. The molecule has 2 aromatic rings. The van der Waals surface area contributed by atoms with E-state index in [4.69, 9.17) is 9.52 Å². The van der Waals surface area contributed by atoms with Crippen molar-refractivity contribution in [3.63, 3.8) is 0 Å². The van der Waals surface area contributed by atoms with Crippen LogP contribution in [0, 0.1) is 0 Å². The van der Waals surface area contributed by atoms with Crippen molar-refractivity contribution >= 4 is 5.97 Å². The van der Waals surface area contributed by atoms with E-state index in [1.54, 1.807) is 12.1 Å². The summed E-state index contributed by atoms with van der Waals surface area (Å²) in [6.07, 6.45) is 1.52. The Balaban J connectivity index is 2.51. The lowest BCUT2D eigenvalue weighted by Crippen LogP contribution is -2.02. The molecule has 2 heterocycles. The number of carbonyl (C=O) groups is 1. The Morgan fingerprint density at radius 3 is 2.75 bits per heavy atom. The first-order valence-electron chi connectivity index (χ1n) is 4.96. The number of aromatic amines is 1. The predicted molar refractivity (Wildman–Crippen MR) is 57.3 cm³/mol. The Labute approximate surface area is 92.1 Å². The van der Waals surface area contributed by atoms with Gasteiger partial charge in [0.15, 0.2) is 17.3 Å². The Morgan fingerprint density at radius 2 is 2.31 bits per heavy atom. The van der Waals surface area contributed by atoms with Crippen molar-refractivity contribution in [2.24, 2.45) is 0 Å². The summed E-state index contributed by atoms with van der Waals surface area (Å²) in [5.74, 6) is 0.0283. The third-order valence-electron chi connectivity index (χ3n) is 2.27. The Kier molecular flexibility index (Phi) is 2.52. The van der Waals surface area contributed by atoms with Gasteiger partial charge in [0.1, 0.15) is 0 Å². The highest BCUT2D eigenvalue weighted by Crippen LogP contribution is 2.23. The molecule has 2 rings (SSSR count). The normalized spacial score (nSPS) is 10.9. The number of hydrogen-bond donors (Lipinski definition) is 2. The fraction of sp³-hybridized carbons (Fsp3) is 0.273. The summed E-state index contributed by atoms with van der Waals surface area (Å²) < 4.78 is 5.16. The highest BCUT2D eigenvalue weighted by Gasteiger charge is 2.20. The number of H-pyrrole nitrogens is 1. The molecule has 0 saturated heterocycles. The lowest BCUT2D eigenvalue weighted by atomic mass is 10.1. The van der Waals surface area contributed by atoms with Crippen molar-refractivity contribution in [1.29, 1.82) is 0 Å². The zero-order chi connectivity index (χ0) is 11.7. The van der Waals surface area contributed by atoms with Gasteiger partial charge in [-0.2, -0.15) is 0 Å². The van der Waals surface area contributed by atoms with Crippen molar-refractivity contribution in [1.82, 2.24) is 9.97 Å². The highest BCUT2D eigenvalue weighted by atomic mass is 16.4. The second-order valence-corrected chi connectivity index (χ2v) is 3.78.